The van der Waals surface area contributed by atoms with Gasteiger partial charge in [0.1, 0.15) is 0 Å². The number of nitrogens with zero attached hydrogens (tertiary/aromatic N) is 1. The summed E-state index contributed by atoms with van der Waals surface area (Å²) in [4.78, 5) is 15.7. The Morgan fingerprint density at radius 1 is 1.35 bits per heavy atom. The molecule has 2 rings (SSSR count). The summed E-state index contributed by atoms with van der Waals surface area (Å²) in [5.41, 5.74) is 0. The number of carbonyl (C=O) groups is 1. The molecule has 6 nitrogen and oxygen atoms in total. The molecule has 0 saturated heterocycles. The zero-order valence-electron chi connectivity index (χ0n) is 11.5. The average molecular weight is 392 g/mol. The Hall–Kier alpha value is -1.25. The highest BCUT2D eigenvalue weighted by molar-refractivity contribution is 14.0. The minimum atomic E-state index is -0.201. The van der Waals surface area contributed by atoms with Crippen molar-refractivity contribution in [1.82, 2.24) is 16.0 Å². The van der Waals surface area contributed by atoms with E-state index in [0.29, 0.717) is 18.8 Å². The quantitative estimate of drug-likeness (QED) is 0.294. The van der Waals surface area contributed by atoms with Crippen molar-refractivity contribution >= 4 is 35.8 Å². The number of rotatable bonds is 6. The highest BCUT2D eigenvalue weighted by atomic mass is 127. The minimum Gasteiger partial charge on any atom is -0.459 e. The Morgan fingerprint density at radius 2 is 2.10 bits per heavy atom. The van der Waals surface area contributed by atoms with Gasteiger partial charge in [-0.1, -0.05) is 0 Å². The molecule has 0 radical (unpaired) electrons. The molecule has 1 aliphatic rings. The number of furan rings is 1. The van der Waals surface area contributed by atoms with Crippen LogP contribution in [0.2, 0.25) is 0 Å². The zero-order valence-corrected chi connectivity index (χ0v) is 13.8. The fraction of sp³-hybridized carbons (Fsp3) is 0.538. The van der Waals surface area contributed by atoms with Gasteiger partial charge in [0.15, 0.2) is 11.7 Å². The Bertz CT molecular complexity index is 430. The largest absolute Gasteiger partial charge is 0.459 e. The lowest BCUT2D eigenvalue weighted by molar-refractivity contribution is 0.0926. The molecule has 1 amide bonds. The van der Waals surface area contributed by atoms with Crippen molar-refractivity contribution in [2.45, 2.75) is 12.8 Å². The molecule has 0 spiro atoms. The van der Waals surface area contributed by atoms with Gasteiger partial charge in [0.25, 0.3) is 5.91 Å². The highest BCUT2D eigenvalue weighted by Crippen LogP contribution is 2.27. The lowest BCUT2D eigenvalue weighted by atomic mass is 10.4. The summed E-state index contributed by atoms with van der Waals surface area (Å²) in [5, 5.41) is 9.17. The van der Waals surface area contributed by atoms with Crippen molar-refractivity contribution in [2.75, 3.05) is 26.7 Å². The van der Waals surface area contributed by atoms with E-state index in [-0.39, 0.29) is 29.9 Å². The van der Waals surface area contributed by atoms with E-state index >= 15 is 0 Å². The number of hydrogen-bond acceptors (Lipinski definition) is 3. The maximum Gasteiger partial charge on any atom is 0.287 e. The van der Waals surface area contributed by atoms with E-state index in [0.717, 1.165) is 18.4 Å². The molecule has 112 valence electrons. The lowest BCUT2D eigenvalue weighted by Crippen LogP contribution is -2.42. The fourth-order valence-corrected chi connectivity index (χ4v) is 1.64. The van der Waals surface area contributed by atoms with E-state index in [9.17, 15) is 4.79 Å². The van der Waals surface area contributed by atoms with Gasteiger partial charge in [-0.2, -0.15) is 0 Å². The smallest absolute Gasteiger partial charge is 0.287 e. The molecule has 3 N–H and O–H groups in total. The maximum atomic E-state index is 11.6. The van der Waals surface area contributed by atoms with Gasteiger partial charge in [-0.15, -0.1) is 24.0 Å². The fourth-order valence-electron chi connectivity index (χ4n) is 1.64. The van der Waals surface area contributed by atoms with Crippen LogP contribution in [0.4, 0.5) is 0 Å². The number of halogens is 1. The van der Waals surface area contributed by atoms with Gasteiger partial charge in [0, 0.05) is 26.7 Å². The van der Waals surface area contributed by atoms with E-state index in [2.05, 4.69) is 20.9 Å². The monoisotopic (exact) mass is 392 g/mol. The van der Waals surface area contributed by atoms with Gasteiger partial charge in [0.2, 0.25) is 0 Å². The molecular weight excluding hydrogens is 371 g/mol. The predicted molar refractivity (Wildman–Crippen MR) is 88.5 cm³/mol. The minimum absolute atomic E-state index is 0. The summed E-state index contributed by atoms with van der Waals surface area (Å²) >= 11 is 0. The molecule has 0 aromatic carbocycles. The summed E-state index contributed by atoms with van der Waals surface area (Å²) < 4.78 is 5.00. The molecule has 1 aliphatic carbocycles. The molecule has 1 heterocycles. The van der Waals surface area contributed by atoms with E-state index < -0.39 is 0 Å². The van der Waals surface area contributed by atoms with Crippen molar-refractivity contribution in [3.8, 4) is 0 Å². The van der Waals surface area contributed by atoms with Gasteiger partial charge in [-0.05, 0) is 30.9 Å². The molecule has 7 heteroatoms. The first-order valence-corrected chi connectivity index (χ1v) is 6.56. The van der Waals surface area contributed by atoms with Crippen LogP contribution >= 0.6 is 24.0 Å². The van der Waals surface area contributed by atoms with Gasteiger partial charge in [-0.3, -0.25) is 9.79 Å². The Morgan fingerprint density at radius 3 is 2.70 bits per heavy atom. The van der Waals surface area contributed by atoms with Crippen LogP contribution in [0.5, 0.6) is 0 Å². The molecule has 20 heavy (non-hydrogen) atoms. The Kier molecular flexibility index (Phi) is 7.42. The van der Waals surface area contributed by atoms with Crippen molar-refractivity contribution in [3.63, 3.8) is 0 Å². The zero-order chi connectivity index (χ0) is 13.5. The van der Waals surface area contributed by atoms with Crippen LogP contribution in [-0.2, 0) is 0 Å². The number of carbonyl (C=O) groups excluding carboxylic acids is 1. The second-order valence-corrected chi connectivity index (χ2v) is 4.56. The number of hydrogen-bond donors (Lipinski definition) is 3. The molecule has 0 atom stereocenters. The molecular formula is C13H21IN4O2. The maximum absolute atomic E-state index is 11.6. The topological polar surface area (TPSA) is 78.7 Å². The van der Waals surface area contributed by atoms with Gasteiger partial charge >= 0.3 is 0 Å². The van der Waals surface area contributed by atoms with Gasteiger partial charge < -0.3 is 20.4 Å². The summed E-state index contributed by atoms with van der Waals surface area (Å²) in [6.45, 7) is 2.11. The molecule has 1 fully saturated rings. The van der Waals surface area contributed by atoms with Crippen LogP contribution < -0.4 is 16.0 Å². The Balaban J connectivity index is 0.00000200. The summed E-state index contributed by atoms with van der Waals surface area (Å²) in [5.74, 6) is 1.71. The summed E-state index contributed by atoms with van der Waals surface area (Å²) in [6.07, 6.45) is 4.10. The van der Waals surface area contributed by atoms with Crippen LogP contribution in [-0.4, -0.2) is 38.5 Å². The second-order valence-electron chi connectivity index (χ2n) is 4.56. The number of amides is 1. The van der Waals surface area contributed by atoms with E-state index in [1.165, 1.54) is 19.1 Å². The van der Waals surface area contributed by atoms with Crippen molar-refractivity contribution in [2.24, 2.45) is 10.9 Å². The van der Waals surface area contributed by atoms with Crippen LogP contribution in [0.15, 0.2) is 27.8 Å². The molecule has 1 saturated carbocycles. The van der Waals surface area contributed by atoms with Crippen LogP contribution in [0, 0.1) is 5.92 Å². The first-order valence-electron chi connectivity index (χ1n) is 6.56. The lowest BCUT2D eigenvalue weighted by Gasteiger charge is -2.11. The van der Waals surface area contributed by atoms with Crippen molar-refractivity contribution in [3.05, 3.63) is 24.2 Å². The third-order valence-corrected chi connectivity index (χ3v) is 2.93. The number of aliphatic imine (C=N–C) groups is 1. The van der Waals surface area contributed by atoms with Crippen molar-refractivity contribution in [1.29, 1.82) is 0 Å². The van der Waals surface area contributed by atoms with Crippen LogP contribution in [0.1, 0.15) is 23.4 Å². The normalized spacial score (nSPS) is 14.3. The third-order valence-electron chi connectivity index (χ3n) is 2.93. The Labute approximate surface area is 135 Å². The van der Waals surface area contributed by atoms with Crippen molar-refractivity contribution < 1.29 is 9.21 Å². The number of guanidine groups is 1. The first-order chi connectivity index (χ1) is 9.29. The van der Waals surface area contributed by atoms with Crippen LogP contribution in [0.3, 0.4) is 0 Å². The van der Waals surface area contributed by atoms with Crippen LogP contribution in [0.25, 0.3) is 0 Å². The highest BCUT2D eigenvalue weighted by Gasteiger charge is 2.20. The standard InChI is InChI=1S/C13H20N4O2.HI/c1-14-13(17-9-10-4-5-10)16-7-6-15-12(18)11-3-2-8-19-11;/h2-3,8,10H,4-7,9H2,1H3,(H,15,18)(H2,14,16,17);1H. The van der Waals surface area contributed by atoms with Gasteiger partial charge in [-0.25, -0.2) is 0 Å². The van der Waals surface area contributed by atoms with E-state index in [1.807, 2.05) is 0 Å². The molecule has 0 unspecified atom stereocenters. The predicted octanol–water partition coefficient (Wildman–Crippen LogP) is 1.20. The van der Waals surface area contributed by atoms with E-state index in [1.54, 1.807) is 19.2 Å². The van der Waals surface area contributed by atoms with E-state index in [4.69, 9.17) is 4.42 Å². The molecule has 0 aliphatic heterocycles. The van der Waals surface area contributed by atoms with Gasteiger partial charge in [0.05, 0.1) is 6.26 Å². The molecule has 0 bridgehead atoms. The first kappa shape index (κ1) is 16.8. The third kappa shape index (κ3) is 5.81. The average Bonchev–Trinajstić information content (AvgIpc) is 3.09. The number of nitrogens with one attached hydrogen (secondary N) is 3. The summed E-state index contributed by atoms with van der Waals surface area (Å²) in [6, 6.07) is 3.33. The molecule has 1 aromatic rings. The SMILES string of the molecule is CN=C(NCCNC(=O)c1ccco1)NCC1CC1.I. The molecule has 1 aromatic heterocycles. The second kappa shape index (κ2) is 8.83. The summed E-state index contributed by atoms with van der Waals surface area (Å²) in [7, 11) is 1.74.